The van der Waals surface area contributed by atoms with Crippen molar-refractivity contribution in [1.82, 2.24) is 0 Å². The SMILES string of the molecule is C=CC(CC(O)COCc1ccccc1)[Si](c1ccccc1)(c1ccccc1)c1ccccc1. The number of allylic oxidation sites excluding steroid dienone is 1. The quantitative estimate of drug-likeness (QED) is 0.198. The van der Waals surface area contributed by atoms with Crippen LogP contribution in [0.25, 0.3) is 0 Å². The Morgan fingerprint density at radius 2 is 1.09 bits per heavy atom. The molecular formula is C31H32O2Si. The van der Waals surface area contributed by atoms with Crippen LogP contribution in [-0.4, -0.2) is 25.9 Å². The third-order valence-electron chi connectivity index (χ3n) is 6.48. The van der Waals surface area contributed by atoms with Gasteiger partial charge >= 0.3 is 0 Å². The Hall–Kier alpha value is -3.24. The van der Waals surface area contributed by atoms with Gasteiger partial charge < -0.3 is 9.84 Å². The van der Waals surface area contributed by atoms with Gasteiger partial charge in [0.05, 0.1) is 19.3 Å². The molecule has 1 N–H and O–H groups in total. The first-order chi connectivity index (χ1) is 16.7. The van der Waals surface area contributed by atoms with E-state index >= 15 is 0 Å². The van der Waals surface area contributed by atoms with E-state index in [1.807, 2.05) is 30.3 Å². The Kier molecular flexibility index (Phi) is 8.26. The summed E-state index contributed by atoms with van der Waals surface area (Å²) in [5, 5.41) is 15.0. The second-order valence-electron chi connectivity index (χ2n) is 8.64. The molecule has 0 bridgehead atoms. The van der Waals surface area contributed by atoms with Crippen molar-refractivity contribution >= 4 is 23.6 Å². The fourth-order valence-electron chi connectivity index (χ4n) is 4.94. The molecule has 0 saturated heterocycles. The standard InChI is InChI=1S/C31H32O2Si/c1-2-28(23-27(32)25-33-24-26-15-7-3-8-16-26)34(29-17-9-4-10-18-29,30-19-11-5-12-20-30)31-21-13-6-14-22-31/h2-22,27-28,32H,1,23-25H2. The number of hydrogen-bond acceptors (Lipinski definition) is 2. The molecule has 0 aromatic heterocycles. The van der Waals surface area contributed by atoms with Gasteiger partial charge in [0.15, 0.2) is 8.07 Å². The topological polar surface area (TPSA) is 29.5 Å². The molecule has 0 saturated carbocycles. The molecule has 0 radical (unpaired) electrons. The van der Waals surface area contributed by atoms with E-state index in [1.165, 1.54) is 15.6 Å². The van der Waals surface area contributed by atoms with Crippen LogP contribution in [0.3, 0.4) is 0 Å². The average molecular weight is 465 g/mol. The largest absolute Gasteiger partial charge is 0.391 e. The Morgan fingerprint density at radius 3 is 1.50 bits per heavy atom. The van der Waals surface area contributed by atoms with E-state index in [1.54, 1.807) is 0 Å². The molecule has 4 aromatic rings. The fraction of sp³-hybridized carbons (Fsp3) is 0.161. The third kappa shape index (κ3) is 5.28. The van der Waals surface area contributed by atoms with Crippen LogP contribution < -0.4 is 15.6 Å². The zero-order chi connectivity index (χ0) is 23.6. The molecule has 34 heavy (non-hydrogen) atoms. The summed E-state index contributed by atoms with van der Waals surface area (Å²) in [6, 6.07) is 42.4. The molecule has 0 aliphatic carbocycles. The number of hydrogen-bond donors (Lipinski definition) is 1. The smallest absolute Gasteiger partial charge is 0.154 e. The van der Waals surface area contributed by atoms with E-state index in [2.05, 4.69) is 104 Å². The van der Waals surface area contributed by atoms with Crippen LogP contribution in [0.5, 0.6) is 0 Å². The predicted molar refractivity (Wildman–Crippen MR) is 145 cm³/mol. The van der Waals surface area contributed by atoms with Gasteiger partial charge in [0.25, 0.3) is 0 Å². The maximum absolute atomic E-state index is 11.1. The zero-order valence-electron chi connectivity index (χ0n) is 19.5. The minimum absolute atomic E-state index is 0.0787. The summed E-state index contributed by atoms with van der Waals surface area (Å²) >= 11 is 0. The Bertz CT molecular complexity index is 1030. The van der Waals surface area contributed by atoms with Crippen LogP contribution in [-0.2, 0) is 11.3 Å². The molecule has 172 valence electrons. The van der Waals surface area contributed by atoms with Crippen molar-refractivity contribution in [2.75, 3.05) is 6.61 Å². The molecule has 0 amide bonds. The number of ether oxygens (including phenoxy) is 1. The highest BCUT2D eigenvalue weighted by molar-refractivity contribution is 7.12. The lowest BCUT2D eigenvalue weighted by atomic mass is 10.2. The second kappa shape index (κ2) is 11.8. The van der Waals surface area contributed by atoms with Crippen LogP contribution in [0.4, 0.5) is 0 Å². The van der Waals surface area contributed by atoms with Gasteiger partial charge in [-0.2, -0.15) is 0 Å². The molecule has 3 heteroatoms. The first kappa shape index (κ1) is 23.9. The predicted octanol–water partition coefficient (Wildman–Crippen LogP) is 4.68. The van der Waals surface area contributed by atoms with Gasteiger partial charge in [0, 0.05) is 0 Å². The van der Waals surface area contributed by atoms with Crippen molar-refractivity contribution in [3.05, 3.63) is 140 Å². The molecule has 0 heterocycles. The van der Waals surface area contributed by atoms with Gasteiger partial charge in [-0.05, 0) is 33.1 Å². The minimum atomic E-state index is -2.55. The summed E-state index contributed by atoms with van der Waals surface area (Å²) in [4.78, 5) is 0. The lowest BCUT2D eigenvalue weighted by molar-refractivity contribution is 0.0250. The van der Waals surface area contributed by atoms with Crippen LogP contribution in [0.15, 0.2) is 134 Å². The van der Waals surface area contributed by atoms with Crippen LogP contribution in [0.2, 0.25) is 5.54 Å². The highest BCUT2D eigenvalue weighted by atomic mass is 28.3. The molecule has 0 aliphatic rings. The summed E-state index contributed by atoms with van der Waals surface area (Å²) < 4.78 is 5.89. The molecule has 4 aromatic carbocycles. The van der Waals surface area contributed by atoms with Crippen LogP contribution in [0, 0.1) is 0 Å². The van der Waals surface area contributed by atoms with Gasteiger partial charge in [-0.1, -0.05) is 127 Å². The number of benzene rings is 4. The molecule has 2 nitrogen and oxygen atoms in total. The minimum Gasteiger partial charge on any atom is -0.391 e. The Labute approximate surface area is 204 Å². The van der Waals surface area contributed by atoms with E-state index in [4.69, 9.17) is 4.74 Å². The van der Waals surface area contributed by atoms with E-state index in [0.29, 0.717) is 19.6 Å². The van der Waals surface area contributed by atoms with E-state index in [-0.39, 0.29) is 5.54 Å². The summed E-state index contributed by atoms with van der Waals surface area (Å²) in [6.07, 6.45) is 2.05. The lowest BCUT2D eigenvalue weighted by Gasteiger charge is -2.40. The first-order valence-electron chi connectivity index (χ1n) is 11.8. The lowest BCUT2D eigenvalue weighted by Crippen LogP contribution is -2.69. The molecule has 0 fully saturated rings. The highest BCUT2D eigenvalue weighted by Crippen LogP contribution is 2.29. The molecule has 0 spiro atoms. The number of aliphatic hydroxyl groups is 1. The summed E-state index contributed by atoms with van der Waals surface area (Å²) in [7, 11) is -2.55. The molecule has 2 unspecified atom stereocenters. The maximum atomic E-state index is 11.1. The molecular weight excluding hydrogens is 432 g/mol. The van der Waals surface area contributed by atoms with Gasteiger partial charge in [0.2, 0.25) is 0 Å². The summed E-state index contributed by atoms with van der Waals surface area (Å²) in [5.41, 5.74) is 1.19. The average Bonchev–Trinajstić information content (AvgIpc) is 2.91. The second-order valence-corrected chi connectivity index (χ2v) is 12.7. The van der Waals surface area contributed by atoms with Crippen molar-refractivity contribution in [2.24, 2.45) is 0 Å². The zero-order valence-corrected chi connectivity index (χ0v) is 20.5. The van der Waals surface area contributed by atoms with Crippen molar-refractivity contribution in [2.45, 2.75) is 24.7 Å². The van der Waals surface area contributed by atoms with E-state index in [0.717, 1.165) is 5.56 Å². The Morgan fingerprint density at radius 1 is 0.676 bits per heavy atom. The highest BCUT2D eigenvalue weighted by Gasteiger charge is 2.45. The number of aliphatic hydroxyl groups excluding tert-OH is 1. The fourth-order valence-corrected chi connectivity index (χ4v) is 10.4. The first-order valence-corrected chi connectivity index (χ1v) is 13.9. The molecule has 4 rings (SSSR count). The summed E-state index contributed by atoms with van der Waals surface area (Å²) in [5.74, 6) is 0. The molecule has 0 aliphatic heterocycles. The van der Waals surface area contributed by atoms with Crippen molar-refractivity contribution in [3.8, 4) is 0 Å². The van der Waals surface area contributed by atoms with Crippen molar-refractivity contribution in [3.63, 3.8) is 0 Å². The maximum Gasteiger partial charge on any atom is 0.154 e. The number of rotatable bonds is 11. The van der Waals surface area contributed by atoms with Crippen molar-refractivity contribution in [1.29, 1.82) is 0 Å². The van der Waals surface area contributed by atoms with E-state index in [9.17, 15) is 5.11 Å². The van der Waals surface area contributed by atoms with Crippen molar-refractivity contribution < 1.29 is 9.84 Å². The van der Waals surface area contributed by atoms with Gasteiger partial charge in [-0.15, -0.1) is 6.58 Å². The normalized spacial score (nSPS) is 13.2. The summed E-state index contributed by atoms with van der Waals surface area (Å²) in [6.45, 7) is 5.06. The van der Waals surface area contributed by atoms with E-state index < -0.39 is 14.2 Å². The van der Waals surface area contributed by atoms with Crippen LogP contribution >= 0.6 is 0 Å². The Balaban J connectivity index is 1.69. The monoisotopic (exact) mass is 464 g/mol. The van der Waals surface area contributed by atoms with Gasteiger partial charge in [0.1, 0.15) is 0 Å². The van der Waals surface area contributed by atoms with Crippen LogP contribution in [0.1, 0.15) is 12.0 Å². The van der Waals surface area contributed by atoms with Gasteiger partial charge in [-0.3, -0.25) is 0 Å². The third-order valence-corrected chi connectivity index (χ3v) is 11.8. The molecule has 2 atom stereocenters. The van der Waals surface area contributed by atoms with Gasteiger partial charge in [-0.25, -0.2) is 0 Å².